The highest BCUT2D eigenvalue weighted by Crippen LogP contribution is 2.15. The summed E-state index contributed by atoms with van der Waals surface area (Å²) >= 11 is 0. The number of rotatable bonds is 1. The summed E-state index contributed by atoms with van der Waals surface area (Å²) in [6.07, 6.45) is 2.51. The Bertz CT molecular complexity index is 503. The van der Waals surface area contributed by atoms with Crippen LogP contribution in [-0.4, -0.2) is 5.11 Å². The molecule has 1 nitrogen and oxygen atoms in total. The Morgan fingerprint density at radius 1 is 1.00 bits per heavy atom. The van der Waals surface area contributed by atoms with Crippen LogP contribution >= 0.6 is 0 Å². The van der Waals surface area contributed by atoms with Gasteiger partial charge in [-0.2, -0.15) is 0 Å². The lowest BCUT2D eigenvalue weighted by Gasteiger charge is -1.99. The SMILES string of the molecule is OC#CCc1ccc2ccccc2c1. The van der Waals surface area contributed by atoms with E-state index in [-0.39, 0.29) is 0 Å². The molecule has 2 aromatic carbocycles. The van der Waals surface area contributed by atoms with E-state index in [9.17, 15) is 0 Å². The average molecular weight is 182 g/mol. The van der Waals surface area contributed by atoms with Gasteiger partial charge in [-0.3, -0.25) is 0 Å². The molecule has 2 rings (SSSR count). The summed E-state index contributed by atoms with van der Waals surface area (Å²) in [4.78, 5) is 0. The zero-order valence-corrected chi connectivity index (χ0v) is 7.70. The van der Waals surface area contributed by atoms with Crippen molar-refractivity contribution in [3.05, 3.63) is 48.0 Å². The lowest BCUT2D eigenvalue weighted by atomic mass is 10.1. The molecule has 1 heteroatoms. The molecule has 0 bridgehead atoms. The Labute approximate surface area is 83.0 Å². The van der Waals surface area contributed by atoms with Crippen molar-refractivity contribution in [1.29, 1.82) is 0 Å². The van der Waals surface area contributed by atoms with E-state index >= 15 is 0 Å². The van der Waals surface area contributed by atoms with Crippen molar-refractivity contribution in [3.63, 3.8) is 0 Å². The molecule has 0 heterocycles. The fourth-order valence-electron chi connectivity index (χ4n) is 1.49. The predicted molar refractivity (Wildman–Crippen MR) is 57.4 cm³/mol. The number of aliphatic hydroxyl groups excluding tert-OH is 1. The van der Waals surface area contributed by atoms with Gasteiger partial charge in [0.2, 0.25) is 0 Å². The predicted octanol–water partition coefficient (Wildman–Crippen LogP) is 2.72. The van der Waals surface area contributed by atoms with E-state index in [2.05, 4.69) is 30.2 Å². The molecule has 0 radical (unpaired) electrons. The highest BCUT2D eigenvalue weighted by atomic mass is 16.2. The van der Waals surface area contributed by atoms with E-state index < -0.39 is 0 Å². The Morgan fingerprint density at radius 2 is 1.79 bits per heavy atom. The molecule has 0 aliphatic heterocycles. The Balaban J connectivity index is 2.44. The molecule has 1 N–H and O–H groups in total. The smallest absolute Gasteiger partial charge is 0.107 e. The van der Waals surface area contributed by atoms with Gasteiger partial charge in [-0.05, 0) is 16.3 Å². The van der Waals surface area contributed by atoms with Crippen LogP contribution in [0, 0.1) is 12.0 Å². The standard InChI is InChI=1S/C13H10O/c14-9-3-4-11-7-8-12-5-1-2-6-13(12)10-11/h1-2,5-8,10,14H,4H2. The fourth-order valence-corrected chi connectivity index (χ4v) is 1.49. The zero-order chi connectivity index (χ0) is 9.80. The molecular weight excluding hydrogens is 172 g/mol. The van der Waals surface area contributed by atoms with Crippen LogP contribution in [-0.2, 0) is 6.42 Å². The Morgan fingerprint density at radius 3 is 2.57 bits per heavy atom. The minimum absolute atomic E-state index is 0.599. The minimum atomic E-state index is 0.599. The molecule has 0 atom stereocenters. The molecule has 0 saturated heterocycles. The molecule has 68 valence electrons. The summed E-state index contributed by atoms with van der Waals surface area (Å²) in [5.74, 6) is 2.63. The largest absolute Gasteiger partial charge is 0.462 e. The van der Waals surface area contributed by atoms with E-state index in [0.29, 0.717) is 6.42 Å². The highest BCUT2D eigenvalue weighted by molar-refractivity contribution is 5.83. The topological polar surface area (TPSA) is 20.2 Å². The average Bonchev–Trinajstić information content (AvgIpc) is 2.26. The third-order valence-corrected chi connectivity index (χ3v) is 2.19. The van der Waals surface area contributed by atoms with E-state index in [1.54, 1.807) is 0 Å². The molecule has 14 heavy (non-hydrogen) atoms. The van der Waals surface area contributed by atoms with Crippen LogP contribution in [0.5, 0.6) is 0 Å². The second kappa shape index (κ2) is 3.85. The van der Waals surface area contributed by atoms with Crippen molar-refractivity contribution >= 4 is 10.8 Å². The molecule has 0 aliphatic carbocycles. The van der Waals surface area contributed by atoms with Crippen molar-refractivity contribution in [1.82, 2.24) is 0 Å². The Hall–Kier alpha value is -1.94. The number of fused-ring (bicyclic) bond motifs is 1. The first-order chi connectivity index (χ1) is 6.90. The van der Waals surface area contributed by atoms with Gasteiger partial charge in [-0.25, -0.2) is 0 Å². The first-order valence-corrected chi connectivity index (χ1v) is 4.50. The second-order valence-corrected chi connectivity index (χ2v) is 3.15. The van der Waals surface area contributed by atoms with Gasteiger partial charge in [0.1, 0.15) is 6.11 Å². The first-order valence-electron chi connectivity index (χ1n) is 4.50. The molecule has 0 aliphatic rings. The second-order valence-electron chi connectivity index (χ2n) is 3.15. The molecule has 0 spiro atoms. The fraction of sp³-hybridized carbons (Fsp3) is 0.0769. The number of hydrogen-bond donors (Lipinski definition) is 1. The molecule has 0 unspecified atom stereocenters. The van der Waals surface area contributed by atoms with Gasteiger partial charge < -0.3 is 5.11 Å². The van der Waals surface area contributed by atoms with Crippen molar-refractivity contribution < 1.29 is 5.11 Å². The van der Waals surface area contributed by atoms with Crippen LogP contribution in [0.25, 0.3) is 10.8 Å². The van der Waals surface area contributed by atoms with Crippen LogP contribution in [0.4, 0.5) is 0 Å². The molecule has 0 fully saturated rings. The molecule has 0 saturated carbocycles. The van der Waals surface area contributed by atoms with Gasteiger partial charge in [0, 0.05) is 6.42 Å². The monoisotopic (exact) mass is 182 g/mol. The van der Waals surface area contributed by atoms with Crippen LogP contribution in [0.2, 0.25) is 0 Å². The van der Waals surface area contributed by atoms with E-state index in [1.165, 1.54) is 10.8 Å². The summed E-state index contributed by atoms with van der Waals surface area (Å²) in [5, 5.41) is 10.8. The summed E-state index contributed by atoms with van der Waals surface area (Å²) < 4.78 is 0. The first kappa shape index (κ1) is 8.65. The van der Waals surface area contributed by atoms with Crippen LogP contribution in [0.1, 0.15) is 5.56 Å². The normalized spacial score (nSPS) is 9.43. The summed E-state index contributed by atoms with van der Waals surface area (Å²) in [6, 6.07) is 14.4. The van der Waals surface area contributed by atoms with Gasteiger partial charge in [0.05, 0.1) is 0 Å². The molecule has 0 aromatic heterocycles. The van der Waals surface area contributed by atoms with Crippen LogP contribution in [0.15, 0.2) is 42.5 Å². The number of benzene rings is 2. The summed E-state index contributed by atoms with van der Waals surface area (Å²) in [6.45, 7) is 0. The van der Waals surface area contributed by atoms with E-state index in [0.717, 1.165) is 5.56 Å². The van der Waals surface area contributed by atoms with E-state index in [1.807, 2.05) is 24.3 Å². The zero-order valence-electron chi connectivity index (χ0n) is 7.70. The van der Waals surface area contributed by atoms with Crippen LogP contribution < -0.4 is 0 Å². The van der Waals surface area contributed by atoms with Crippen LogP contribution in [0.3, 0.4) is 0 Å². The minimum Gasteiger partial charge on any atom is -0.462 e. The maximum Gasteiger partial charge on any atom is 0.107 e. The van der Waals surface area contributed by atoms with Gasteiger partial charge in [-0.1, -0.05) is 48.4 Å². The van der Waals surface area contributed by atoms with Gasteiger partial charge in [0.15, 0.2) is 0 Å². The Kier molecular flexibility index (Phi) is 2.38. The summed E-state index contributed by atoms with van der Waals surface area (Å²) in [7, 11) is 0. The molecule has 2 aromatic rings. The quantitative estimate of drug-likeness (QED) is 0.672. The van der Waals surface area contributed by atoms with E-state index in [4.69, 9.17) is 5.11 Å². The maximum absolute atomic E-state index is 8.38. The lowest BCUT2D eigenvalue weighted by Crippen LogP contribution is -1.81. The van der Waals surface area contributed by atoms with Crippen molar-refractivity contribution in [2.24, 2.45) is 0 Å². The van der Waals surface area contributed by atoms with Crippen molar-refractivity contribution in [2.45, 2.75) is 6.42 Å². The summed E-state index contributed by atoms with van der Waals surface area (Å²) in [5.41, 5.74) is 1.13. The molecule has 0 amide bonds. The van der Waals surface area contributed by atoms with Crippen molar-refractivity contribution in [3.8, 4) is 12.0 Å². The third kappa shape index (κ3) is 1.70. The van der Waals surface area contributed by atoms with Gasteiger partial charge in [-0.15, -0.1) is 0 Å². The lowest BCUT2D eigenvalue weighted by molar-refractivity contribution is 0.516. The third-order valence-electron chi connectivity index (χ3n) is 2.19. The highest BCUT2D eigenvalue weighted by Gasteiger charge is 1.93. The number of hydrogen-bond acceptors (Lipinski definition) is 1. The van der Waals surface area contributed by atoms with Gasteiger partial charge >= 0.3 is 0 Å². The van der Waals surface area contributed by atoms with Crippen molar-refractivity contribution in [2.75, 3.05) is 0 Å². The maximum atomic E-state index is 8.38. The number of aliphatic hydroxyl groups is 1. The molecular formula is C13H10O. The van der Waals surface area contributed by atoms with Gasteiger partial charge in [0.25, 0.3) is 0 Å².